The molecule has 2 unspecified atom stereocenters. The summed E-state index contributed by atoms with van der Waals surface area (Å²) in [6.45, 7) is 0. The first-order chi connectivity index (χ1) is 8.65. The van der Waals surface area contributed by atoms with E-state index in [9.17, 15) is 0 Å². The number of hydrazine groups is 1. The summed E-state index contributed by atoms with van der Waals surface area (Å²) in [6.07, 6.45) is 5.70. The summed E-state index contributed by atoms with van der Waals surface area (Å²) in [5.41, 5.74) is 11.8. The molecule has 1 fully saturated rings. The Morgan fingerprint density at radius 3 is 2.72 bits per heavy atom. The average molecular weight is 252 g/mol. The second kappa shape index (κ2) is 5.36. The minimum atomic E-state index is 0.0698. The van der Waals surface area contributed by atoms with Crippen LogP contribution in [-0.4, -0.2) is 29.2 Å². The molecular formula is C11H20N6O. The molecule has 18 heavy (non-hydrogen) atoms. The molecule has 100 valence electrons. The number of anilines is 3. The van der Waals surface area contributed by atoms with Gasteiger partial charge in [0.15, 0.2) is 11.6 Å². The van der Waals surface area contributed by atoms with E-state index in [4.69, 9.17) is 22.0 Å². The van der Waals surface area contributed by atoms with Crippen molar-refractivity contribution >= 4 is 17.3 Å². The molecule has 0 bridgehead atoms. The topological polar surface area (TPSA) is 116 Å². The maximum Gasteiger partial charge on any atom is 0.171 e. The molecule has 1 aromatic heterocycles. The molecule has 7 heteroatoms. The van der Waals surface area contributed by atoms with Gasteiger partial charge in [-0.15, -0.1) is 0 Å². The molecule has 1 aliphatic carbocycles. The molecule has 0 radical (unpaired) electrons. The van der Waals surface area contributed by atoms with E-state index >= 15 is 0 Å². The molecule has 1 saturated carbocycles. The first-order valence-corrected chi connectivity index (χ1v) is 6.07. The van der Waals surface area contributed by atoms with E-state index in [0.717, 1.165) is 25.7 Å². The van der Waals surface area contributed by atoms with E-state index in [1.807, 2.05) is 0 Å². The van der Waals surface area contributed by atoms with Gasteiger partial charge in [-0.2, -0.15) is 0 Å². The van der Waals surface area contributed by atoms with Gasteiger partial charge in [0.05, 0.1) is 12.1 Å². The molecule has 0 aliphatic heterocycles. The number of methoxy groups -OCH3 is 1. The van der Waals surface area contributed by atoms with Crippen LogP contribution in [0.3, 0.4) is 0 Å². The zero-order chi connectivity index (χ0) is 13.1. The predicted molar refractivity (Wildman–Crippen MR) is 70.6 cm³/mol. The molecule has 7 nitrogen and oxygen atoms in total. The lowest BCUT2D eigenvalue weighted by Crippen LogP contribution is -2.51. The number of nitrogen functional groups attached to an aromatic ring is 2. The van der Waals surface area contributed by atoms with Gasteiger partial charge in [-0.25, -0.2) is 15.8 Å². The Morgan fingerprint density at radius 1 is 1.28 bits per heavy atom. The van der Waals surface area contributed by atoms with Gasteiger partial charge >= 0.3 is 0 Å². The van der Waals surface area contributed by atoms with Crippen molar-refractivity contribution in [2.45, 2.75) is 37.8 Å². The number of hydrogen-bond donors (Lipinski definition) is 3. The molecule has 0 amide bonds. The van der Waals surface area contributed by atoms with Gasteiger partial charge in [-0.05, 0) is 12.8 Å². The number of ether oxygens (including phenoxy) is 1. The third-order valence-corrected chi connectivity index (χ3v) is 3.47. The third kappa shape index (κ3) is 2.32. The van der Waals surface area contributed by atoms with Crippen LogP contribution in [0.2, 0.25) is 0 Å². The van der Waals surface area contributed by atoms with E-state index in [-0.39, 0.29) is 18.0 Å². The summed E-state index contributed by atoms with van der Waals surface area (Å²) in [5.74, 6) is 6.85. The molecule has 0 aromatic carbocycles. The minimum Gasteiger partial charge on any atom is -0.393 e. The van der Waals surface area contributed by atoms with Crippen LogP contribution in [0, 0.1) is 0 Å². The highest BCUT2D eigenvalue weighted by Crippen LogP contribution is 2.30. The number of hydrogen-bond acceptors (Lipinski definition) is 7. The number of aromatic nitrogens is 2. The highest BCUT2D eigenvalue weighted by molar-refractivity contribution is 5.72. The smallest absolute Gasteiger partial charge is 0.171 e. The Morgan fingerprint density at radius 2 is 2.00 bits per heavy atom. The number of nitrogens with zero attached hydrogens (tertiary/aromatic N) is 3. The van der Waals surface area contributed by atoms with E-state index < -0.39 is 0 Å². The van der Waals surface area contributed by atoms with Crippen LogP contribution in [0.15, 0.2) is 6.33 Å². The quantitative estimate of drug-likeness (QED) is 0.522. The van der Waals surface area contributed by atoms with Gasteiger partial charge in [-0.3, -0.25) is 5.01 Å². The minimum absolute atomic E-state index is 0.0698. The van der Waals surface area contributed by atoms with E-state index in [2.05, 4.69) is 9.97 Å². The van der Waals surface area contributed by atoms with Gasteiger partial charge in [-0.1, -0.05) is 12.8 Å². The fourth-order valence-corrected chi connectivity index (χ4v) is 2.43. The van der Waals surface area contributed by atoms with Crippen molar-refractivity contribution in [3.05, 3.63) is 6.33 Å². The number of rotatable bonds is 3. The Balaban J connectivity index is 2.23. The van der Waals surface area contributed by atoms with Crippen LogP contribution in [0.4, 0.5) is 17.3 Å². The monoisotopic (exact) mass is 252 g/mol. The van der Waals surface area contributed by atoms with Crippen molar-refractivity contribution in [1.82, 2.24) is 9.97 Å². The Labute approximate surface area is 106 Å². The highest BCUT2D eigenvalue weighted by Gasteiger charge is 2.30. The summed E-state index contributed by atoms with van der Waals surface area (Å²) in [5, 5.41) is 1.57. The van der Waals surface area contributed by atoms with Crippen molar-refractivity contribution in [3.8, 4) is 0 Å². The van der Waals surface area contributed by atoms with Gasteiger partial charge in [0, 0.05) is 7.11 Å². The zero-order valence-corrected chi connectivity index (χ0v) is 10.5. The summed E-state index contributed by atoms with van der Waals surface area (Å²) in [4.78, 5) is 7.95. The maximum absolute atomic E-state index is 6.13. The van der Waals surface area contributed by atoms with E-state index in [0.29, 0.717) is 11.5 Å². The fraction of sp³-hybridized carbons (Fsp3) is 0.636. The van der Waals surface area contributed by atoms with Gasteiger partial charge in [0.2, 0.25) is 0 Å². The van der Waals surface area contributed by atoms with Crippen molar-refractivity contribution in [2.24, 2.45) is 5.84 Å². The highest BCUT2D eigenvalue weighted by atomic mass is 16.5. The second-order valence-corrected chi connectivity index (χ2v) is 4.53. The van der Waals surface area contributed by atoms with Crippen LogP contribution in [0.5, 0.6) is 0 Å². The summed E-state index contributed by atoms with van der Waals surface area (Å²) >= 11 is 0. The van der Waals surface area contributed by atoms with Crippen LogP contribution in [0.1, 0.15) is 25.7 Å². The predicted octanol–water partition coefficient (Wildman–Crippen LogP) is 0.279. The largest absolute Gasteiger partial charge is 0.393 e. The van der Waals surface area contributed by atoms with E-state index in [1.54, 1.807) is 12.1 Å². The molecule has 2 rings (SSSR count). The van der Waals surface area contributed by atoms with Crippen LogP contribution in [0.25, 0.3) is 0 Å². The van der Waals surface area contributed by atoms with Crippen molar-refractivity contribution < 1.29 is 4.74 Å². The molecule has 1 aromatic rings. The van der Waals surface area contributed by atoms with Crippen LogP contribution < -0.4 is 22.3 Å². The lowest BCUT2D eigenvalue weighted by atomic mass is 9.92. The summed E-state index contributed by atoms with van der Waals surface area (Å²) in [6, 6.07) is 0.0698. The lowest BCUT2D eigenvalue weighted by Gasteiger charge is -2.37. The summed E-state index contributed by atoms with van der Waals surface area (Å²) in [7, 11) is 1.70. The Bertz CT molecular complexity index is 413. The SMILES string of the molecule is COC1CCCCC1N(N)c1ncnc(N)c1N. The molecule has 6 N–H and O–H groups in total. The van der Waals surface area contributed by atoms with E-state index in [1.165, 1.54) is 6.33 Å². The van der Waals surface area contributed by atoms with Gasteiger partial charge in [0.1, 0.15) is 12.0 Å². The Kier molecular flexibility index (Phi) is 3.83. The average Bonchev–Trinajstić information content (AvgIpc) is 2.41. The normalized spacial score (nSPS) is 23.9. The lowest BCUT2D eigenvalue weighted by molar-refractivity contribution is 0.0512. The molecule has 2 atom stereocenters. The first kappa shape index (κ1) is 12.8. The first-order valence-electron chi connectivity index (χ1n) is 6.07. The number of nitrogens with two attached hydrogens (primary N) is 3. The van der Waals surface area contributed by atoms with Gasteiger partial charge in [0.25, 0.3) is 0 Å². The molecule has 0 spiro atoms. The maximum atomic E-state index is 6.13. The third-order valence-electron chi connectivity index (χ3n) is 3.47. The van der Waals surface area contributed by atoms with Crippen molar-refractivity contribution in [2.75, 3.05) is 23.6 Å². The van der Waals surface area contributed by atoms with Crippen molar-refractivity contribution in [3.63, 3.8) is 0 Å². The molecular weight excluding hydrogens is 232 g/mol. The van der Waals surface area contributed by atoms with Crippen molar-refractivity contribution in [1.29, 1.82) is 0 Å². The van der Waals surface area contributed by atoms with Crippen LogP contribution in [-0.2, 0) is 4.74 Å². The zero-order valence-electron chi connectivity index (χ0n) is 10.5. The Hall–Kier alpha value is -1.60. The van der Waals surface area contributed by atoms with Gasteiger partial charge < -0.3 is 16.2 Å². The fourth-order valence-electron chi connectivity index (χ4n) is 2.43. The summed E-state index contributed by atoms with van der Waals surface area (Å²) < 4.78 is 5.48. The second-order valence-electron chi connectivity index (χ2n) is 4.53. The standard InChI is InChI=1S/C11H20N6O/c1-18-8-5-3-2-4-7(8)17(14)11-9(12)10(13)15-6-16-11/h6-8H,2-5,12,14H2,1H3,(H2,13,15,16). The molecule has 1 aliphatic rings. The van der Waals surface area contributed by atoms with Crippen LogP contribution >= 0.6 is 0 Å². The molecule has 0 saturated heterocycles. The molecule has 1 heterocycles.